The van der Waals surface area contributed by atoms with Gasteiger partial charge in [0, 0.05) is 4.47 Å². The van der Waals surface area contributed by atoms with Gasteiger partial charge in [-0.05, 0) is 47.9 Å². The molecular weight excluding hydrogens is 333 g/mol. The Morgan fingerprint density at radius 1 is 1.00 bits per heavy atom. The summed E-state index contributed by atoms with van der Waals surface area (Å²) in [7, 11) is 1.56. The molecule has 0 unspecified atom stereocenters. The molecule has 2 aromatic carbocycles. The predicted octanol–water partition coefficient (Wildman–Crippen LogP) is 5.45. The minimum absolute atomic E-state index is 0.0407. The molecule has 0 saturated heterocycles. The molecule has 20 heavy (non-hydrogen) atoms. The zero-order valence-electron chi connectivity index (χ0n) is 10.9. The Hall–Kier alpha value is -1.49. The highest BCUT2D eigenvalue weighted by Crippen LogP contribution is 2.37. The van der Waals surface area contributed by atoms with Crippen LogP contribution in [0.5, 0.6) is 5.75 Å². The second-order valence-corrected chi connectivity index (χ2v) is 5.23. The molecule has 0 spiro atoms. The molecule has 2 aromatic rings. The number of alkyl halides is 3. The lowest BCUT2D eigenvalue weighted by molar-refractivity contribution is -0.138. The number of rotatable bonds is 2. The van der Waals surface area contributed by atoms with Crippen molar-refractivity contribution in [3.05, 3.63) is 52.0 Å². The third-order valence-electron chi connectivity index (χ3n) is 3.00. The Bertz CT molecular complexity index is 636. The molecule has 106 valence electrons. The van der Waals surface area contributed by atoms with Gasteiger partial charge in [-0.3, -0.25) is 0 Å². The van der Waals surface area contributed by atoms with Crippen LogP contribution in [0.2, 0.25) is 0 Å². The molecule has 2 rings (SSSR count). The van der Waals surface area contributed by atoms with Gasteiger partial charge in [0.2, 0.25) is 0 Å². The van der Waals surface area contributed by atoms with Crippen molar-refractivity contribution in [3.8, 4) is 16.9 Å². The zero-order chi connectivity index (χ0) is 14.9. The SMILES string of the molecule is COc1ccc(-c2ccc(Br)c(C(F)(F)F)c2)cc1C. The molecule has 0 heterocycles. The van der Waals surface area contributed by atoms with Crippen molar-refractivity contribution in [2.75, 3.05) is 7.11 Å². The first-order chi connectivity index (χ1) is 9.32. The second kappa shape index (κ2) is 5.48. The average Bonchev–Trinajstić information content (AvgIpc) is 2.37. The molecule has 0 aliphatic carbocycles. The zero-order valence-corrected chi connectivity index (χ0v) is 12.5. The Morgan fingerprint density at radius 3 is 2.15 bits per heavy atom. The maximum absolute atomic E-state index is 12.9. The highest BCUT2D eigenvalue weighted by molar-refractivity contribution is 9.10. The number of halogens is 4. The van der Waals surface area contributed by atoms with E-state index in [0.717, 1.165) is 17.2 Å². The third kappa shape index (κ3) is 2.98. The number of hydrogen-bond acceptors (Lipinski definition) is 1. The van der Waals surface area contributed by atoms with Crippen LogP contribution in [-0.4, -0.2) is 7.11 Å². The van der Waals surface area contributed by atoms with E-state index in [9.17, 15) is 13.2 Å². The van der Waals surface area contributed by atoms with Crippen LogP contribution in [0.1, 0.15) is 11.1 Å². The van der Waals surface area contributed by atoms with E-state index < -0.39 is 11.7 Å². The molecule has 0 aliphatic heterocycles. The van der Waals surface area contributed by atoms with E-state index >= 15 is 0 Å². The molecule has 0 fully saturated rings. The van der Waals surface area contributed by atoms with Crippen molar-refractivity contribution in [1.29, 1.82) is 0 Å². The van der Waals surface area contributed by atoms with Gasteiger partial charge in [-0.1, -0.05) is 28.1 Å². The minimum atomic E-state index is -4.38. The van der Waals surface area contributed by atoms with Crippen LogP contribution in [0, 0.1) is 6.92 Å². The smallest absolute Gasteiger partial charge is 0.417 e. The molecule has 0 atom stereocenters. The number of ether oxygens (including phenoxy) is 1. The number of benzene rings is 2. The van der Waals surface area contributed by atoms with Gasteiger partial charge in [-0.25, -0.2) is 0 Å². The number of aryl methyl sites for hydroxylation is 1. The Labute approximate surface area is 123 Å². The fourth-order valence-corrected chi connectivity index (χ4v) is 2.45. The second-order valence-electron chi connectivity index (χ2n) is 4.38. The molecule has 0 amide bonds. The summed E-state index contributed by atoms with van der Waals surface area (Å²) in [6.07, 6.45) is -4.38. The molecular formula is C15H12BrF3O. The van der Waals surface area contributed by atoms with E-state index in [4.69, 9.17) is 4.74 Å². The summed E-state index contributed by atoms with van der Waals surface area (Å²) in [5.74, 6) is 0.710. The maximum Gasteiger partial charge on any atom is 0.417 e. The summed E-state index contributed by atoms with van der Waals surface area (Å²) in [6.45, 7) is 1.85. The van der Waals surface area contributed by atoms with Crippen LogP contribution in [-0.2, 0) is 6.18 Å². The number of methoxy groups -OCH3 is 1. The van der Waals surface area contributed by atoms with E-state index in [1.54, 1.807) is 25.3 Å². The van der Waals surface area contributed by atoms with Gasteiger partial charge in [0.15, 0.2) is 0 Å². The van der Waals surface area contributed by atoms with Crippen LogP contribution < -0.4 is 4.74 Å². The first-order valence-electron chi connectivity index (χ1n) is 5.84. The van der Waals surface area contributed by atoms with Gasteiger partial charge in [-0.15, -0.1) is 0 Å². The molecule has 1 nitrogen and oxygen atoms in total. The van der Waals surface area contributed by atoms with Crippen molar-refractivity contribution in [2.45, 2.75) is 13.1 Å². The standard InChI is InChI=1S/C15H12BrF3O/c1-9-7-10(4-6-14(9)20-2)11-3-5-13(16)12(8-11)15(17,18)19/h3-8H,1-2H3. The summed E-state index contributed by atoms with van der Waals surface area (Å²) >= 11 is 2.94. The largest absolute Gasteiger partial charge is 0.496 e. The monoisotopic (exact) mass is 344 g/mol. The molecule has 5 heteroatoms. The molecule has 0 saturated carbocycles. The van der Waals surface area contributed by atoms with Crippen LogP contribution in [0.4, 0.5) is 13.2 Å². The van der Waals surface area contributed by atoms with Crippen LogP contribution in [0.25, 0.3) is 11.1 Å². The Balaban J connectivity index is 2.51. The Kier molecular flexibility index (Phi) is 4.09. The molecule has 0 bridgehead atoms. The summed E-state index contributed by atoms with van der Waals surface area (Å²) in [4.78, 5) is 0. The predicted molar refractivity (Wildman–Crippen MR) is 75.9 cm³/mol. The summed E-state index contributed by atoms with van der Waals surface area (Å²) in [5, 5.41) is 0. The van der Waals surface area contributed by atoms with Crippen molar-refractivity contribution >= 4 is 15.9 Å². The normalized spacial score (nSPS) is 11.5. The highest BCUT2D eigenvalue weighted by atomic mass is 79.9. The van der Waals surface area contributed by atoms with Gasteiger partial charge < -0.3 is 4.74 Å². The van der Waals surface area contributed by atoms with Gasteiger partial charge >= 0.3 is 6.18 Å². The van der Waals surface area contributed by atoms with Crippen molar-refractivity contribution in [2.24, 2.45) is 0 Å². The van der Waals surface area contributed by atoms with Gasteiger partial charge in [0.25, 0.3) is 0 Å². The van der Waals surface area contributed by atoms with Crippen LogP contribution in [0.3, 0.4) is 0 Å². The maximum atomic E-state index is 12.9. The van der Waals surface area contributed by atoms with Crippen molar-refractivity contribution in [3.63, 3.8) is 0 Å². The molecule has 0 N–H and O–H groups in total. The van der Waals surface area contributed by atoms with E-state index in [1.165, 1.54) is 6.07 Å². The first kappa shape index (κ1) is 14.9. The van der Waals surface area contributed by atoms with Gasteiger partial charge in [-0.2, -0.15) is 13.2 Å². The van der Waals surface area contributed by atoms with E-state index in [-0.39, 0.29) is 4.47 Å². The quantitative estimate of drug-likeness (QED) is 0.703. The lowest BCUT2D eigenvalue weighted by atomic mass is 10.0. The van der Waals surface area contributed by atoms with Gasteiger partial charge in [0.1, 0.15) is 5.75 Å². The topological polar surface area (TPSA) is 9.23 Å². The highest BCUT2D eigenvalue weighted by Gasteiger charge is 2.33. The average molecular weight is 345 g/mol. The van der Waals surface area contributed by atoms with Crippen molar-refractivity contribution in [1.82, 2.24) is 0 Å². The lowest BCUT2D eigenvalue weighted by Gasteiger charge is -2.12. The van der Waals surface area contributed by atoms with Crippen LogP contribution in [0.15, 0.2) is 40.9 Å². The summed E-state index contributed by atoms with van der Waals surface area (Å²) in [6, 6.07) is 9.51. The fraction of sp³-hybridized carbons (Fsp3) is 0.200. The van der Waals surface area contributed by atoms with Crippen LogP contribution >= 0.6 is 15.9 Å². The third-order valence-corrected chi connectivity index (χ3v) is 3.69. The summed E-state index contributed by atoms with van der Waals surface area (Å²) in [5.41, 5.74) is 1.44. The first-order valence-corrected chi connectivity index (χ1v) is 6.64. The number of hydrogen-bond donors (Lipinski definition) is 0. The molecule has 0 aliphatic rings. The van der Waals surface area contributed by atoms with E-state index in [1.807, 2.05) is 13.0 Å². The molecule has 0 aromatic heterocycles. The minimum Gasteiger partial charge on any atom is -0.496 e. The summed E-state index contributed by atoms with van der Waals surface area (Å²) < 4.78 is 43.9. The van der Waals surface area contributed by atoms with Gasteiger partial charge in [0.05, 0.1) is 12.7 Å². The molecule has 0 radical (unpaired) electrons. The van der Waals surface area contributed by atoms with E-state index in [2.05, 4.69) is 15.9 Å². The Morgan fingerprint density at radius 2 is 1.60 bits per heavy atom. The van der Waals surface area contributed by atoms with E-state index in [0.29, 0.717) is 11.3 Å². The van der Waals surface area contributed by atoms with Crippen molar-refractivity contribution < 1.29 is 17.9 Å². The fourth-order valence-electron chi connectivity index (χ4n) is 1.98. The lowest BCUT2D eigenvalue weighted by Crippen LogP contribution is -2.06.